The summed E-state index contributed by atoms with van der Waals surface area (Å²) in [6.07, 6.45) is -3.72. The van der Waals surface area contributed by atoms with Crippen molar-refractivity contribution in [2.45, 2.75) is 19.5 Å². The quantitative estimate of drug-likeness (QED) is 0.836. The van der Waals surface area contributed by atoms with Gasteiger partial charge in [-0.2, -0.15) is 13.2 Å². The Kier molecular flexibility index (Phi) is 2.53. The molecule has 0 aliphatic carbocycles. The van der Waals surface area contributed by atoms with Gasteiger partial charge in [0.1, 0.15) is 0 Å². The number of hydrogen-bond donors (Lipinski definition) is 1. The highest BCUT2D eigenvalue weighted by atomic mass is 32.1. The molecule has 1 aromatic heterocycles. The van der Waals surface area contributed by atoms with Crippen molar-refractivity contribution in [3.8, 4) is 0 Å². The highest BCUT2D eigenvalue weighted by molar-refractivity contribution is 7.22. The maximum Gasteiger partial charge on any atom is 0.418 e. The SMILES string of the molecule is CCc1ccc(C(F)(F)F)c2nc(N)sc12. The molecule has 0 saturated carbocycles. The van der Waals surface area contributed by atoms with Gasteiger partial charge in [0, 0.05) is 0 Å². The van der Waals surface area contributed by atoms with Crippen LogP contribution in [-0.2, 0) is 12.6 Å². The van der Waals surface area contributed by atoms with Gasteiger partial charge in [0.2, 0.25) is 0 Å². The topological polar surface area (TPSA) is 38.9 Å². The van der Waals surface area contributed by atoms with Crippen molar-refractivity contribution in [1.82, 2.24) is 4.98 Å². The second kappa shape index (κ2) is 3.62. The number of nitrogens with two attached hydrogens (primary N) is 1. The molecule has 16 heavy (non-hydrogen) atoms. The molecule has 1 aromatic carbocycles. The number of anilines is 1. The molecule has 2 rings (SSSR count). The van der Waals surface area contributed by atoms with Crippen molar-refractivity contribution in [2.75, 3.05) is 5.73 Å². The molecule has 0 saturated heterocycles. The number of fused-ring (bicyclic) bond motifs is 1. The Bertz CT molecular complexity index is 531. The van der Waals surface area contributed by atoms with Gasteiger partial charge in [0.25, 0.3) is 0 Å². The molecule has 0 amide bonds. The summed E-state index contributed by atoms with van der Waals surface area (Å²) in [6, 6.07) is 2.56. The number of halogens is 3. The second-order valence-corrected chi connectivity index (χ2v) is 4.38. The third-order valence-electron chi connectivity index (χ3n) is 2.33. The molecule has 2 nitrogen and oxygen atoms in total. The van der Waals surface area contributed by atoms with Gasteiger partial charge in [-0.1, -0.05) is 24.3 Å². The maximum atomic E-state index is 12.7. The van der Waals surface area contributed by atoms with E-state index in [0.29, 0.717) is 11.1 Å². The largest absolute Gasteiger partial charge is 0.418 e. The summed E-state index contributed by atoms with van der Waals surface area (Å²) in [5, 5.41) is 0.168. The van der Waals surface area contributed by atoms with Crippen LogP contribution in [0.5, 0.6) is 0 Å². The molecule has 86 valence electrons. The fraction of sp³-hybridized carbons (Fsp3) is 0.300. The molecule has 0 atom stereocenters. The third-order valence-corrected chi connectivity index (χ3v) is 3.29. The fourth-order valence-corrected chi connectivity index (χ4v) is 2.52. The summed E-state index contributed by atoms with van der Waals surface area (Å²) in [5.74, 6) is 0. The summed E-state index contributed by atoms with van der Waals surface area (Å²) in [7, 11) is 0. The van der Waals surface area contributed by atoms with Crippen molar-refractivity contribution >= 4 is 26.7 Å². The minimum Gasteiger partial charge on any atom is -0.375 e. The molecule has 0 fully saturated rings. The number of aromatic nitrogens is 1. The molecule has 0 unspecified atom stereocenters. The van der Waals surface area contributed by atoms with Crippen LogP contribution >= 0.6 is 11.3 Å². The van der Waals surface area contributed by atoms with Crippen molar-refractivity contribution in [3.63, 3.8) is 0 Å². The first-order valence-corrected chi connectivity index (χ1v) is 5.50. The Labute approximate surface area is 93.9 Å². The van der Waals surface area contributed by atoms with Crippen molar-refractivity contribution in [1.29, 1.82) is 0 Å². The second-order valence-electron chi connectivity index (χ2n) is 3.35. The number of alkyl halides is 3. The van der Waals surface area contributed by atoms with Crippen LogP contribution in [0.3, 0.4) is 0 Å². The summed E-state index contributed by atoms with van der Waals surface area (Å²) in [4.78, 5) is 3.76. The van der Waals surface area contributed by atoms with E-state index in [2.05, 4.69) is 4.98 Å². The number of benzene rings is 1. The van der Waals surface area contributed by atoms with Gasteiger partial charge in [0.05, 0.1) is 15.8 Å². The normalized spacial score (nSPS) is 12.2. The van der Waals surface area contributed by atoms with E-state index in [1.54, 1.807) is 0 Å². The molecule has 0 aliphatic heterocycles. The Morgan fingerprint density at radius 2 is 2.06 bits per heavy atom. The molecule has 1 heterocycles. The summed E-state index contributed by atoms with van der Waals surface area (Å²) >= 11 is 1.10. The minimum atomic E-state index is -4.38. The summed E-state index contributed by atoms with van der Waals surface area (Å²) in [6.45, 7) is 1.89. The lowest BCUT2D eigenvalue weighted by atomic mass is 10.1. The number of nitrogen functional groups attached to an aromatic ring is 1. The van der Waals surface area contributed by atoms with E-state index in [1.807, 2.05) is 6.92 Å². The van der Waals surface area contributed by atoms with Crippen LogP contribution in [0.25, 0.3) is 10.2 Å². The van der Waals surface area contributed by atoms with Gasteiger partial charge >= 0.3 is 6.18 Å². The smallest absolute Gasteiger partial charge is 0.375 e. The highest BCUT2D eigenvalue weighted by Gasteiger charge is 2.34. The van der Waals surface area contributed by atoms with Crippen LogP contribution in [0.15, 0.2) is 12.1 Å². The van der Waals surface area contributed by atoms with Crippen LogP contribution in [0.4, 0.5) is 18.3 Å². The lowest BCUT2D eigenvalue weighted by Crippen LogP contribution is -2.06. The lowest BCUT2D eigenvalue weighted by Gasteiger charge is -2.08. The van der Waals surface area contributed by atoms with E-state index < -0.39 is 11.7 Å². The molecular formula is C10H9F3N2S. The standard InChI is InChI=1S/C10H9F3N2S/c1-2-5-3-4-6(10(11,12)13)7-8(5)16-9(14)15-7/h3-4H,2H2,1H3,(H2,14,15). The number of hydrogen-bond acceptors (Lipinski definition) is 3. The van der Waals surface area contributed by atoms with Crippen LogP contribution in [-0.4, -0.2) is 4.98 Å². The zero-order chi connectivity index (χ0) is 11.9. The molecule has 0 bridgehead atoms. The Hall–Kier alpha value is -1.30. The Balaban J connectivity index is 2.79. The molecule has 0 spiro atoms. The van der Waals surface area contributed by atoms with Gasteiger partial charge in [-0.05, 0) is 18.1 Å². The first-order chi connectivity index (χ1) is 7.43. The average Bonchev–Trinajstić information content (AvgIpc) is 2.55. The third kappa shape index (κ3) is 1.73. The monoisotopic (exact) mass is 246 g/mol. The van der Waals surface area contributed by atoms with Crippen LogP contribution in [0.2, 0.25) is 0 Å². The van der Waals surface area contributed by atoms with E-state index in [0.717, 1.165) is 23.0 Å². The van der Waals surface area contributed by atoms with E-state index in [-0.39, 0.29) is 10.6 Å². The van der Waals surface area contributed by atoms with Crippen molar-refractivity contribution in [3.05, 3.63) is 23.3 Å². The van der Waals surface area contributed by atoms with Crippen LogP contribution < -0.4 is 5.73 Å². The lowest BCUT2D eigenvalue weighted by molar-refractivity contribution is -0.136. The fourth-order valence-electron chi connectivity index (χ4n) is 1.58. The predicted octanol–water partition coefficient (Wildman–Crippen LogP) is 3.46. The molecule has 2 aromatic rings. The zero-order valence-corrected chi connectivity index (χ0v) is 9.25. The van der Waals surface area contributed by atoms with Gasteiger partial charge in [-0.15, -0.1) is 0 Å². The molecular weight excluding hydrogens is 237 g/mol. The van der Waals surface area contributed by atoms with E-state index in [4.69, 9.17) is 5.73 Å². The minimum absolute atomic E-state index is 0.0330. The van der Waals surface area contributed by atoms with E-state index in [1.165, 1.54) is 6.07 Å². The zero-order valence-electron chi connectivity index (χ0n) is 8.43. The van der Waals surface area contributed by atoms with E-state index in [9.17, 15) is 13.2 Å². The van der Waals surface area contributed by atoms with E-state index >= 15 is 0 Å². The van der Waals surface area contributed by atoms with Crippen LogP contribution in [0, 0.1) is 0 Å². The molecule has 0 aliphatic rings. The van der Waals surface area contributed by atoms with Crippen molar-refractivity contribution in [2.24, 2.45) is 0 Å². The number of thiazole rings is 1. The summed E-state index contributed by atoms with van der Waals surface area (Å²) < 4.78 is 38.6. The van der Waals surface area contributed by atoms with Gasteiger partial charge < -0.3 is 5.73 Å². The average molecular weight is 246 g/mol. The van der Waals surface area contributed by atoms with Gasteiger partial charge in [-0.3, -0.25) is 0 Å². The molecule has 2 N–H and O–H groups in total. The summed E-state index contributed by atoms with van der Waals surface area (Å²) in [5.41, 5.74) is 5.56. The predicted molar refractivity (Wildman–Crippen MR) is 58.4 cm³/mol. The number of aryl methyl sites for hydroxylation is 1. The Morgan fingerprint density at radius 3 is 2.62 bits per heavy atom. The van der Waals surface area contributed by atoms with Crippen LogP contribution in [0.1, 0.15) is 18.1 Å². The van der Waals surface area contributed by atoms with Gasteiger partial charge in [-0.25, -0.2) is 4.98 Å². The first-order valence-electron chi connectivity index (χ1n) is 4.68. The first kappa shape index (κ1) is 11.2. The van der Waals surface area contributed by atoms with Gasteiger partial charge in [0.15, 0.2) is 5.13 Å². The molecule has 0 radical (unpaired) electrons. The number of rotatable bonds is 1. The number of nitrogens with zero attached hydrogens (tertiary/aromatic N) is 1. The Morgan fingerprint density at radius 1 is 1.38 bits per heavy atom. The van der Waals surface area contributed by atoms with Crippen molar-refractivity contribution < 1.29 is 13.2 Å². The highest BCUT2D eigenvalue weighted by Crippen LogP contribution is 2.38. The molecule has 6 heteroatoms. The maximum absolute atomic E-state index is 12.7.